The van der Waals surface area contributed by atoms with E-state index >= 15 is 0 Å². The molecule has 0 heterocycles. The molecule has 0 saturated heterocycles. The highest BCUT2D eigenvalue weighted by molar-refractivity contribution is 5.10. The molecule has 0 amide bonds. The lowest BCUT2D eigenvalue weighted by molar-refractivity contribution is -0.234. The van der Waals surface area contributed by atoms with Crippen molar-refractivity contribution in [3.8, 4) is 0 Å². The largest absolute Gasteiger partial charge is 0.396 e. The van der Waals surface area contributed by atoms with Gasteiger partial charge in [-0.05, 0) is 70.1 Å². The second kappa shape index (κ2) is 6.19. The monoisotopic (exact) mass is 322 g/mol. The minimum Gasteiger partial charge on any atom is -0.396 e. The number of aliphatic hydroxyl groups excluding tert-OH is 1. The van der Waals surface area contributed by atoms with Gasteiger partial charge in [0.1, 0.15) is 0 Å². The molecule has 0 aliphatic heterocycles. The zero-order chi connectivity index (χ0) is 17.5. The summed E-state index contributed by atoms with van der Waals surface area (Å²) in [5.74, 6) is 1.000. The van der Waals surface area contributed by atoms with E-state index in [1.54, 1.807) is 0 Å². The van der Waals surface area contributed by atoms with E-state index in [2.05, 4.69) is 48.1 Å². The van der Waals surface area contributed by atoms with Crippen LogP contribution in [-0.4, -0.2) is 22.9 Å². The van der Waals surface area contributed by atoms with Crippen molar-refractivity contribution in [3.63, 3.8) is 0 Å². The van der Waals surface area contributed by atoms with Crippen LogP contribution in [0.4, 0.5) is 0 Å². The Morgan fingerprint density at radius 2 is 1.87 bits per heavy atom. The fourth-order valence-electron chi connectivity index (χ4n) is 6.21. The second-order valence-corrected chi connectivity index (χ2v) is 9.51. The minimum absolute atomic E-state index is 0.0146. The van der Waals surface area contributed by atoms with E-state index in [1.165, 1.54) is 12.8 Å². The number of rotatable bonds is 5. The summed E-state index contributed by atoms with van der Waals surface area (Å²) in [6.07, 6.45) is 8.87. The smallest absolute Gasteiger partial charge is 0.0811 e. The molecule has 23 heavy (non-hydrogen) atoms. The molecule has 1 N–H and O–H groups in total. The fraction of sp³-hybridized carbons (Fsp3) is 0.905. The number of ether oxygens (including phenoxy) is 1. The number of fused-ring (bicyclic) bond motifs is 1. The van der Waals surface area contributed by atoms with Crippen LogP contribution in [-0.2, 0) is 4.74 Å². The first kappa shape index (κ1) is 19.0. The van der Waals surface area contributed by atoms with Gasteiger partial charge in [-0.15, -0.1) is 6.58 Å². The van der Waals surface area contributed by atoms with Gasteiger partial charge in [-0.1, -0.05) is 33.3 Å². The standard InChI is InChI=1S/C21H38O2/c1-8-16-20(7,23-19(5,6)9-2)14-11-17-18(3,4)12-10-13-21(16,17)15-22/h9,16-17,22H,2,8,10-15H2,1,3-7H3/t16?,17?,20-,21+/m1/s1. The molecule has 2 aliphatic rings. The third-order valence-electron chi connectivity index (χ3n) is 7.15. The van der Waals surface area contributed by atoms with Crippen LogP contribution in [0.25, 0.3) is 0 Å². The molecule has 2 fully saturated rings. The van der Waals surface area contributed by atoms with Crippen LogP contribution >= 0.6 is 0 Å². The normalized spacial score (nSPS) is 40.5. The lowest BCUT2D eigenvalue weighted by Gasteiger charge is -2.63. The van der Waals surface area contributed by atoms with Gasteiger partial charge in [0, 0.05) is 12.0 Å². The summed E-state index contributed by atoms with van der Waals surface area (Å²) in [4.78, 5) is 0. The lowest BCUT2D eigenvalue weighted by atomic mass is 9.44. The van der Waals surface area contributed by atoms with Gasteiger partial charge in [0.05, 0.1) is 11.2 Å². The number of hydrogen-bond acceptors (Lipinski definition) is 2. The van der Waals surface area contributed by atoms with Crippen molar-refractivity contribution in [3.05, 3.63) is 12.7 Å². The van der Waals surface area contributed by atoms with Crippen molar-refractivity contribution in [1.29, 1.82) is 0 Å². The van der Waals surface area contributed by atoms with Crippen LogP contribution in [0.15, 0.2) is 12.7 Å². The predicted molar refractivity (Wildman–Crippen MR) is 97.4 cm³/mol. The van der Waals surface area contributed by atoms with E-state index in [9.17, 15) is 5.11 Å². The zero-order valence-corrected chi connectivity index (χ0v) is 16.2. The van der Waals surface area contributed by atoms with E-state index in [4.69, 9.17) is 4.74 Å². The Hall–Kier alpha value is -0.340. The summed E-state index contributed by atoms with van der Waals surface area (Å²) in [5.41, 5.74) is -0.167. The van der Waals surface area contributed by atoms with Crippen molar-refractivity contribution >= 4 is 0 Å². The highest BCUT2D eigenvalue weighted by Crippen LogP contribution is 2.63. The Morgan fingerprint density at radius 3 is 2.39 bits per heavy atom. The first-order chi connectivity index (χ1) is 10.6. The van der Waals surface area contributed by atoms with Crippen LogP contribution in [0.2, 0.25) is 0 Å². The van der Waals surface area contributed by atoms with Gasteiger partial charge in [-0.3, -0.25) is 0 Å². The molecule has 0 aromatic rings. The molecule has 2 nitrogen and oxygen atoms in total. The molecular formula is C21H38O2. The molecule has 2 unspecified atom stereocenters. The Balaban J connectivity index is 2.43. The maximum atomic E-state index is 10.5. The SMILES string of the molecule is C=CC(C)(C)O[C@]1(C)CCC2C(C)(C)CCC[C@]2(CO)C1CC. The van der Waals surface area contributed by atoms with Crippen molar-refractivity contribution in [2.45, 2.75) is 91.3 Å². The van der Waals surface area contributed by atoms with Crippen LogP contribution < -0.4 is 0 Å². The van der Waals surface area contributed by atoms with E-state index in [1.807, 2.05) is 6.08 Å². The van der Waals surface area contributed by atoms with E-state index in [0.29, 0.717) is 23.9 Å². The number of hydrogen-bond donors (Lipinski definition) is 1. The van der Waals surface area contributed by atoms with Gasteiger partial charge in [-0.25, -0.2) is 0 Å². The molecule has 2 heteroatoms. The molecule has 4 atom stereocenters. The topological polar surface area (TPSA) is 29.5 Å². The van der Waals surface area contributed by atoms with Crippen molar-refractivity contribution in [2.75, 3.05) is 6.61 Å². The van der Waals surface area contributed by atoms with E-state index in [0.717, 1.165) is 25.7 Å². The molecule has 0 bridgehead atoms. The van der Waals surface area contributed by atoms with Crippen molar-refractivity contribution < 1.29 is 9.84 Å². The van der Waals surface area contributed by atoms with Crippen molar-refractivity contribution in [1.82, 2.24) is 0 Å². The van der Waals surface area contributed by atoms with Gasteiger partial charge in [0.25, 0.3) is 0 Å². The zero-order valence-electron chi connectivity index (χ0n) is 16.2. The van der Waals surface area contributed by atoms with E-state index < -0.39 is 0 Å². The molecule has 2 saturated carbocycles. The average Bonchev–Trinajstić information content (AvgIpc) is 2.45. The Kier molecular flexibility index (Phi) is 5.11. The van der Waals surface area contributed by atoms with Crippen LogP contribution in [0.1, 0.15) is 80.1 Å². The van der Waals surface area contributed by atoms with Gasteiger partial charge >= 0.3 is 0 Å². The van der Waals surface area contributed by atoms with Crippen LogP contribution in [0.5, 0.6) is 0 Å². The Bertz CT molecular complexity index is 439. The molecular weight excluding hydrogens is 284 g/mol. The molecule has 134 valence electrons. The van der Waals surface area contributed by atoms with Gasteiger partial charge in [0.2, 0.25) is 0 Å². The summed E-state index contributed by atoms with van der Waals surface area (Å²) >= 11 is 0. The van der Waals surface area contributed by atoms with E-state index in [-0.39, 0.29) is 16.6 Å². The summed E-state index contributed by atoms with van der Waals surface area (Å²) in [6.45, 7) is 17.8. The average molecular weight is 323 g/mol. The minimum atomic E-state index is -0.324. The predicted octanol–water partition coefficient (Wildman–Crippen LogP) is 5.35. The quantitative estimate of drug-likeness (QED) is 0.691. The lowest BCUT2D eigenvalue weighted by Crippen LogP contribution is -2.62. The third-order valence-corrected chi connectivity index (χ3v) is 7.15. The van der Waals surface area contributed by atoms with Gasteiger partial charge < -0.3 is 9.84 Å². The maximum absolute atomic E-state index is 10.5. The highest BCUT2D eigenvalue weighted by Gasteiger charge is 2.60. The molecule has 2 rings (SSSR count). The van der Waals surface area contributed by atoms with Gasteiger partial charge in [0.15, 0.2) is 0 Å². The summed E-state index contributed by atoms with van der Waals surface area (Å²) in [6, 6.07) is 0. The summed E-state index contributed by atoms with van der Waals surface area (Å²) in [5, 5.41) is 10.5. The van der Waals surface area contributed by atoms with Crippen LogP contribution in [0, 0.1) is 22.7 Å². The molecule has 2 aliphatic carbocycles. The molecule has 0 aromatic carbocycles. The molecule has 0 spiro atoms. The Morgan fingerprint density at radius 1 is 1.22 bits per heavy atom. The molecule has 0 aromatic heterocycles. The first-order valence-corrected chi connectivity index (χ1v) is 9.51. The Labute approximate surface area is 143 Å². The number of aliphatic hydroxyl groups is 1. The fourth-order valence-corrected chi connectivity index (χ4v) is 6.21. The summed E-state index contributed by atoms with van der Waals surface area (Å²) in [7, 11) is 0. The summed E-state index contributed by atoms with van der Waals surface area (Å²) < 4.78 is 6.63. The molecule has 0 radical (unpaired) electrons. The van der Waals surface area contributed by atoms with Gasteiger partial charge in [-0.2, -0.15) is 0 Å². The second-order valence-electron chi connectivity index (χ2n) is 9.51. The highest BCUT2D eigenvalue weighted by atomic mass is 16.5. The van der Waals surface area contributed by atoms with Crippen molar-refractivity contribution in [2.24, 2.45) is 22.7 Å². The van der Waals surface area contributed by atoms with Crippen LogP contribution in [0.3, 0.4) is 0 Å². The maximum Gasteiger partial charge on any atom is 0.0811 e. The third kappa shape index (κ3) is 3.14. The first-order valence-electron chi connectivity index (χ1n) is 9.51.